The molecule has 0 aliphatic heterocycles. The number of ether oxygens (including phenoxy) is 2. The average Bonchev–Trinajstić information content (AvgIpc) is 2.56. The highest BCUT2D eigenvalue weighted by Gasteiger charge is 2.06. The van der Waals surface area contributed by atoms with E-state index in [0.717, 1.165) is 5.56 Å². The van der Waals surface area contributed by atoms with E-state index in [-0.39, 0.29) is 12.3 Å². The standard InChI is InChI=1S/C17H21N3O3/c1-22-15-6-3-12(9-16(15)23-2)7-8-19-17(21)10-14-5-4-13(18)11-20-14/h3-6,9,11H,7-8,10,18H2,1-2H3,(H,19,21). The second-order valence-electron chi connectivity index (χ2n) is 5.05. The SMILES string of the molecule is COc1ccc(CCNC(=O)Cc2ccc(N)cn2)cc1OC. The summed E-state index contributed by atoms with van der Waals surface area (Å²) >= 11 is 0. The number of carbonyl (C=O) groups is 1. The molecule has 6 nitrogen and oxygen atoms in total. The van der Waals surface area contributed by atoms with Gasteiger partial charge in [0, 0.05) is 12.2 Å². The molecule has 1 aromatic carbocycles. The number of nitrogen functional groups attached to an aromatic ring is 1. The van der Waals surface area contributed by atoms with E-state index in [1.54, 1.807) is 32.5 Å². The van der Waals surface area contributed by atoms with Gasteiger partial charge in [0.2, 0.25) is 5.91 Å². The van der Waals surface area contributed by atoms with E-state index in [9.17, 15) is 4.79 Å². The van der Waals surface area contributed by atoms with Crippen molar-refractivity contribution in [1.29, 1.82) is 0 Å². The quantitative estimate of drug-likeness (QED) is 0.810. The van der Waals surface area contributed by atoms with Crippen molar-refractivity contribution in [2.24, 2.45) is 0 Å². The summed E-state index contributed by atoms with van der Waals surface area (Å²) in [5.74, 6) is 1.31. The van der Waals surface area contributed by atoms with Gasteiger partial charge in [-0.25, -0.2) is 0 Å². The number of rotatable bonds is 7. The summed E-state index contributed by atoms with van der Waals surface area (Å²) in [6.45, 7) is 0.545. The lowest BCUT2D eigenvalue weighted by atomic mass is 10.1. The van der Waals surface area contributed by atoms with Crippen molar-refractivity contribution in [3.8, 4) is 11.5 Å². The van der Waals surface area contributed by atoms with Crippen molar-refractivity contribution < 1.29 is 14.3 Å². The van der Waals surface area contributed by atoms with Gasteiger partial charge in [-0.3, -0.25) is 9.78 Å². The van der Waals surface area contributed by atoms with Gasteiger partial charge in [0.25, 0.3) is 0 Å². The number of nitrogens with one attached hydrogen (secondary N) is 1. The minimum absolute atomic E-state index is 0.0669. The lowest BCUT2D eigenvalue weighted by Gasteiger charge is -2.10. The molecule has 2 aromatic rings. The predicted octanol–water partition coefficient (Wildman–Crippen LogP) is 1.58. The van der Waals surface area contributed by atoms with Gasteiger partial charge in [-0.15, -0.1) is 0 Å². The molecule has 0 radical (unpaired) electrons. The van der Waals surface area contributed by atoms with Gasteiger partial charge in [-0.05, 0) is 36.2 Å². The molecule has 23 heavy (non-hydrogen) atoms. The molecular weight excluding hydrogens is 294 g/mol. The second kappa shape index (κ2) is 8.03. The summed E-state index contributed by atoms with van der Waals surface area (Å²) in [6, 6.07) is 9.21. The Morgan fingerprint density at radius 1 is 1.17 bits per heavy atom. The van der Waals surface area contributed by atoms with Crippen molar-refractivity contribution in [3.05, 3.63) is 47.8 Å². The first-order valence-electron chi connectivity index (χ1n) is 7.30. The number of pyridine rings is 1. The molecule has 0 atom stereocenters. The molecule has 0 unspecified atom stereocenters. The number of methoxy groups -OCH3 is 2. The van der Waals surface area contributed by atoms with Crippen molar-refractivity contribution in [1.82, 2.24) is 10.3 Å². The molecule has 1 heterocycles. The van der Waals surface area contributed by atoms with Gasteiger partial charge in [-0.1, -0.05) is 6.07 Å². The van der Waals surface area contributed by atoms with E-state index in [4.69, 9.17) is 15.2 Å². The number of carbonyl (C=O) groups excluding carboxylic acids is 1. The highest BCUT2D eigenvalue weighted by molar-refractivity contribution is 5.78. The maximum Gasteiger partial charge on any atom is 0.226 e. The van der Waals surface area contributed by atoms with Crippen LogP contribution in [-0.2, 0) is 17.6 Å². The van der Waals surface area contributed by atoms with Crippen LogP contribution in [0.25, 0.3) is 0 Å². The van der Waals surface area contributed by atoms with Crippen LogP contribution >= 0.6 is 0 Å². The van der Waals surface area contributed by atoms with Gasteiger partial charge in [0.15, 0.2) is 11.5 Å². The molecule has 3 N–H and O–H groups in total. The number of nitrogens with zero attached hydrogens (tertiary/aromatic N) is 1. The third kappa shape index (κ3) is 4.88. The van der Waals surface area contributed by atoms with Crippen molar-refractivity contribution in [3.63, 3.8) is 0 Å². The van der Waals surface area contributed by atoms with Crippen molar-refractivity contribution >= 4 is 11.6 Å². The number of nitrogens with two attached hydrogens (primary N) is 1. The molecule has 1 amide bonds. The molecule has 0 spiro atoms. The fourth-order valence-electron chi connectivity index (χ4n) is 2.15. The Morgan fingerprint density at radius 3 is 2.61 bits per heavy atom. The van der Waals surface area contributed by atoms with E-state index in [1.807, 2.05) is 18.2 Å². The molecule has 0 fully saturated rings. The van der Waals surface area contributed by atoms with Gasteiger partial charge >= 0.3 is 0 Å². The highest BCUT2D eigenvalue weighted by atomic mass is 16.5. The molecule has 0 saturated carbocycles. The van der Waals surface area contributed by atoms with Gasteiger partial charge in [-0.2, -0.15) is 0 Å². The van der Waals surface area contributed by atoms with E-state index < -0.39 is 0 Å². The predicted molar refractivity (Wildman–Crippen MR) is 88.6 cm³/mol. The first kappa shape index (κ1) is 16.6. The Labute approximate surface area is 135 Å². The van der Waals surface area contributed by atoms with E-state index >= 15 is 0 Å². The Balaban J connectivity index is 1.82. The van der Waals surface area contributed by atoms with E-state index in [1.165, 1.54) is 0 Å². The Kier molecular flexibility index (Phi) is 5.80. The molecular formula is C17H21N3O3. The molecule has 122 valence electrons. The summed E-state index contributed by atoms with van der Waals surface area (Å²) in [4.78, 5) is 16.0. The summed E-state index contributed by atoms with van der Waals surface area (Å²) in [6.07, 6.45) is 2.50. The maximum absolute atomic E-state index is 11.9. The largest absolute Gasteiger partial charge is 0.493 e. The zero-order valence-electron chi connectivity index (χ0n) is 13.3. The van der Waals surface area contributed by atoms with Crippen LogP contribution < -0.4 is 20.5 Å². The average molecular weight is 315 g/mol. The van der Waals surface area contributed by atoms with E-state index in [0.29, 0.717) is 35.8 Å². The van der Waals surface area contributed by atoms with Crippen molar-refractivity contribution in [2.75, 3.05) is 26.5 Å². The minimum atomic E-state index is -0.0669. The van der Waals surface area contributed by atoms with Crippen LogP contribution in [0.4, 0.5) is 5.69 Å². The minimum Gasteiger partial charge on any atom is -0.493 e. The molecule has 0 bridgehead atoms. The number of aromatic nitrogens is 1. The molecule has 0 aliphatic carbocycles. The van der Waals surface area contributed by atoms with Crippen molar-refractivity contribution in [2.45, 2.75) is 12.8 Å². The number of anilines is 1. The second-order valence-corrected chi connectivity index (χ2v) is 5.05. The smallest absolute Gasteiger partial charge is 0.226 e. The molecule has 2 rings (SSSR count). The van der Waals surface area contributed by atoms with Gasteiger partial charge < -0.3 is 20.5 Å². The summed E-state index contributed by atoms with van der Waals surface area (Å²) in [7, 11) is 3.20. The Hall–Kier alpha value is -2.76. The lowest BCUT2D eigenvalue weighted by molar-refractivity contribution is -0.120. The maximum atomic E-state index is 11.9. The first-order chi connectivity index (χ1) is 11.1. The Bertz CT molecular complexity index is 657. The normalized spacial score (nSPS) is 10.2. The third-order valence-electron chi connectivity index (χ3n) is 3.37. The van der Waals surface area contributed by atoms with Crippen LogP contribution in [0.3, 0.4) is 0 Å². The summed E-state index contributed by atoms with van der Waals surface area (Å²) < 4.78 is 10.5. The number of benzene rings is 1. The summed E-state index contributed by atoms with van der Waals surface area (Å²) in [5.41, 5.74) is 7.91. The zero-order valence-corrected chi connectivity index (χ0v) is 13.3. The number of hydrogen-bond donors (Lipinski definition) is 2. The number of amides is 1. The van der Waals surface area contributed by atoms with Crippen LogP contribution in [0, 0.1) is 0 Å². The van der Waals surface area contributed by atoms with Crippen LogP contribution in [-0.4, -0.2) is 31.7 Å². The third-order valence-corrected chi connectivity index (χ3v) is 3.37. The fraction of sp³-hybridized carbons (Fsp3) is 0.294. The molecule has 0 aliphatic rings. The highest BCUT2D eigenvalue weighted by Crippen LogP contribution is 2.27. The van der Waals surface area contributed by atoms with Crippen LogP contribution in [0.1, 0.15) is 11.3 Å². The topological polar surface area (TPSA) is 86.5 Å². The lowest BCUT2D eigenvalue weighted by Crippen LogP contribution is -2.27. The van der Waals surface area contributed by atoms with Crippen LogP contribution in [0.2, 0.25) is 0 Å². The first-order valence-corrected chi connectivity index (χ1v) is 7.30. The molecule has 6 heteroatoms. The van der Waals surface area contributed by atoms with Crippen LogP contribution in [0.15, 0.2) is 36.5 Å². The Morgan fingerprint density at radius 2 is 1.96 bits per heavy atom. The fourth-order valence-corrected chi connectivity index (χ4v) is 2.15. The number of hydrogen-bond acceptors (Lipinski definition) is 5. The van der Waals surface area contributed by atoms with E-state index in [2.05, 4.69) is 10.3 Å². The molecule has 0 saturated heterocycles. The summed E-state index contributed by atoms with van der Waals surface area (Å²) in [5, 5.41) is 2.88. The molecule has 1 aromatic heterocycles. The van der Waals surface area contributed by atoms with Gasteiger partial charge in [0.05, 0.1) is 32.5 Å². The zero-order chi connectivity index (χ0) is 16.7. The van der Waals surface area contributed by atoms with Gasteiger partial charge in [0.1, 0.15) is 0 Å². The van der Waals surface area contributed by atoms with Crippen LogP contribution in [0.5, 0.6) is 11.5 Å². The monoisotopic (exact) mass is 315 g/mol.